The molecule has 5 heterocycles. The van der Waals surface area contributed by atoms with E-state index >= 15 is 0 Å². The molecule has 18 N–H and O–H groups in total. The second-order valence-electron chi connectivity index (χ2n) is 28.3. The Hall–Kier alpha value is -12.2. The summed E-state index contributed by atoms with van der Waals surface area (Å²) in [7, 11) is -17.1. The molecule has 56 heteroatoms. The van der Waals surface area contributed by atoms with Gasteiger partial charge in [0.05, 0.1) is 87.4 Å². The van der Waals surface area contributed by atoms with Gasteiger partial charge in [0, 0.05) is 46.0 Å². The van der Waals surface area contributed by atoms with Crippen molar-refractivity contribution in [3.63, 3.8) is 0 Å². The van der Waals surface area contributed by atoms with Gasteiger partial charge in [-0.15, -0.1) is 0 Å². The Balaban J connectivity index is 0.000000257. The number of primary sulfonamides is 2. The third-order valence-corrected chi connectivity index (χ3v) is 24.3. The molecule has 718 valence electrons. The molecule has 5 saturated heterocycles. The number of imide groups is 10. The summed E-state index contributed by atoms with van der Waals surface area (Å²) in [5, 5.41) is 54.9. The molecule has 0 aromatic heterocycles. The maximum absolute atomic E-state index is 12.9. The van der Waals surface area contributed by atoms with E-state index in [9.17, 15) is 123 Å². The number of rotatable bonds is 38. The van der Waals surface area contributed by atoms with Gasteiger partial charge in [-0.25, -0.2) is 90.7 Å². The molecule has 1 unspecified atom stereocenters. The van der Waals surface area contributed by atoms with Gasteiger partial charge in [0.25, 0.3) is 5.91 Å². The van der Waals surface area contributed by atoms with Crippen LogP contribution in [0.4, 0.5) is 29.7 Å². The predicted octanol–water partition coefficient (Wildman–Crippen LogP) is -8.14. The average Bonchev–Trinajstić information content (AvgIpc) is 0.779. The fourth-order valence-corrected chi connectivity index (χ4v) is 15.8. The number of amides is 21. The molecule has 5 aliphatic rings. The number of benzene rings is 6. The largest absolute Gasteiger partial charge is 1.00 e. The fourth-order valence-electron chi connectivity index (χ4n) is 12.2. The molecular weight excluding hydrogens is 1890 g/mol. The van der Waals surface area contributed by atoms with Gasteiger partial charge >= 0.3 is 59.7 Å². The molecule has 21 amide bonds. The van der Waals surface area contributed by atoms with Crippen LogP contribution in [-0.4, -0.2) is 268 Å². The fraction of sp³-hybridized carbons (Fsp3) is 0.333. The van der Waals surface area contributed by atoms with Crippen molar-refractivity contribution in [1.82, 2.24) is 62.2 Å². The number of aliphatic hydroxyl groups is 3. The number of nitrogens with one attached hydrogen (secondary N) is 11. The quantitative estimate of drug-likeness (QED) is 0.00741. The van der Waals surface area contributed by atoms with Gasteiger partial charge in [-0.3, -0.25) is 101 Å². The number of anilines is 1. The zero-order chi connectivity index (χ0) is 98.3. The van der Waals surface area contributed by atoms with E-state index in [0.29, 0.717) is 76.2 Å². The number of nitrogens with two attached hydrogens (primary N) is 2. The van der Waals surface area contributed by atoms with Crippen LogP contribution in [0.15, 0.2) is 159 Å². The number of nitrogens with zero attached hydrogens (tertiary/aromatic N) is 2. The summed E-state index contributed by atoms with van der Waals surface area (Å²) in [6.45, 7) is 0.899. The summed E-state index contributed by atoms with van der Waals surface area (Å²) in [6.07, 6.45) is 0.0788. The maximum atomic E-state index is 12.9. The minimum absolute atomic E-state index is 0. The SMILES string of the molecule is COCCOc1ccc(CC2C(=O)NC(=O)NC2=O)cc1OCCOC.NS(=O)(=O)c1ccc(CC2C(=O)NC(=O)N(c3cccc(S(N)(=O)=O)c3)C2=O)cc1.O=C1NC(=O)C(Cc2ccc(C(=O)N(CCO)CCO)cc2)C(=O)N1.O=C1NC(=O)C(Cc2ccc(S(=O)(=O)NCCOCCO)cc2)C(=O)N1.O=C1NC(=O)C(Cc2ccc(S(=O)(=O)NCCS(=O)(=O)[O-])cc2)C(=O)N1.[Na+]. The third-order valence-electron chi connectivity index (χ3n) is 18.8. The molecule has 1 atom stereocenters. The molecule has 0 aliphatic carbocycles. The van der Waals surface area contributed by atoms with Gasteiger partial charge in [0.15, 0.2) is 11.5 Å². The average molecular weight is 1980 g/mol. The number of aliphatic hydroxyl groups excluding tert-OH is 3. The Morgan fingerprint density at radius 2 is 0.754 bits per heavy atom. The topological polar surface area (TPSA) is 765 Å². The summed E-state index contributed by atoms with van der Waals surface area (Å²) in [5.74, 6) is -12.9. The minimum Gasteiger partial charge on any atom is -0.748 e. The van der Waals surface area contributed by atoms with Gasteiger partial charge in [0.1, 0.15) is 42.8 Å². The van der Waals surface area contributed by atoms with Crippen molar-refractivity contribution >= 4 is 151 Å². The Labute approximate surface area is 786 Å². The first kappa shape index (κ1) is 110. The van der Waals surface area contributed by atoms with Crippen molar-refractivity contribution in [3.05, 3.63) is 173 Å². The predicted molar refractivity (Wildman–Crippen MR) is 453 cm³/mol. The molecule has 0 radical (unpaired) electrons. The maximum Gasteiger partial charge on any atom is 1.00 e. The van der Waals surface area contributed by atoms with Gasteiger partial charge < -0.3 is 48.5 Å². The summed E-state index contributed by atoms with van der Waals surface area (Å²) in [6, 6.07) is 28.0. The minimum atomic E-state index is -4.54. The van der Waals surface area contributed by atoms with Gasteiger partial charge in [-0.1, -0.05) is 60.7 Å². The Morgan fingerprint density at radius 3 is 1.13 bits per heavy atom. The van der Waals surface area contributed by atoms with Crippen LogP contribution in [0.2, 0.25) is 0 Å². The summed E-state index contributed by atoms with van der Waals surface area (Å²) < 4.78 is 156. The molecule has 5 fully saturated rings. The number of hydrogen-bond acceptors (Lipinski definition) is 35. The van der Waals surface area contributed by atoms with Gasteiger partial charge in [-0.05, 0) is 139 Å². The van der Waals surface area contributed by atoms with E-state index in [1.807, 2.05) is 36.6 Å². The van der Waals surface area contributed by atoms with E-state index in [2.05, 4.69) is 20.7 Å². The summed E-state index contributed by atoms with van der Waals surface area (Å²) in [5.41, 5.74) is 3.11. The van der Waals surface area contributed by atoms with Gasteiger partial charge in [-0.2, -0.15) is 0 Å². The van der Waals surface area contributed by atoms with Crippen molar-refractivity contribution in [2.45, 2.75) is 51.7 Å². The number of barbiturate groups is 5. The first-order valence-corrected chi connectivity index (χ1v) is 46.7. The van der Waals surface area contributed by atoms with Crippen molar-refractivity contribution < 1.29 is 192 Å². The van der Waals surface area contributed by atoms with E-state index in [1.54, 1.807) is 56.7 Å². The zero-order valence-electron chi connectivity index (χ0n) is 71.1. The van der Waals surface area contributed by atoms with Crippen LogP contribution >= 0.6 is 0 Å². The van der Waals surface area contributed by atoms with Crippen LogP contribution in [-0.2, 0) is 144 Å². The second kappa shape index (κ2) is 51.3. The Kier molecular flexibility index (Phi) is 42.3. The van der Waals surface area contributed by atoms with Gasteiger partial charge in [0.2, 0.25) is 99.2 Å². The number of ether oxygens (including phenoxy) is 5. The van der Waals surface area contributed by atoms with Crippen molar-refractivity contribution in [2.24, 2.45) is 39.9 Å². The molecule has 0 bridgehead atoms. The summed E-state index contributed by atoms with van der Waals surface area (Å²) in [4.78, 5) is 189. The second-order valence-corrected chi connectivity index (χ2v) is 36.5. The normalized spacial score (nSPS) is 15.8. The molecule has 0 saturated carbocycles. The van der Waals surface area contributed by atoms with E-state index < -0.39 is 181 Å². The molecule has 50 nitrogen and oxygen atoms in total. The number of hydrogen-bond donors (Lipinski definition) is 16. The molecular formula is C78H90N15NaO35S5. The summed E-state index contributed by atoms with van der Waals surface area (Å²) >= 11 is 0. The van der Waals surface area contributed by atoms with Crippen LogP contribution in [0.3, 0.4) is 0 Å². The van der Waals surface area contributed by atoms with E-state index in [-0.39, 0.29) is 146 Å². The molecule has 134 heavy (non-hydrogen) atoms. The van der Waals surface area contributed by atoms with Crippen molar-refractivity contribution in [3.8, 4) is 11.5 Å². The number of methoxy groups -OCH3 is 2. The zero-order valence-corrected chi connectivity index (χ0v) is 77.2. The van der Waals surface area contributed by atoms with Crippen LogP contribution < -0.4 is 112 Å². The molecule has 6 aromatic rings. The number of urea groups is 5. The van der Waals surface area contributed by atoms with Crippen LogP contribution in [0.5, 0.6) is 11.5 Å². The van der Waals surface area contributed by atoms with Crippen LogP contribution in [0.1, 0.15) is 38.2 Å². The van der Waals surface area contributed by atoms with Crippen molar-refractivity contribution in [2.75, 3.05) is 111 Å². The Morgan fingerprint density at radius 1 is 0.403 bits per heavy atom. The third kappa shape index (κ3) is 34.0. The smallest absolute Gasteiger partial charge is 0.748 e. The van der Waals surface area contributed by atoms with Crippen LogP contribution in [0, 0.1) is 29.6 Å². The van der Waals surface area contributed by atoms with E-state index in [0.717, 1.165) is 6.07 Å². The van der Waals surface area contributed by atoms with Crippen LogP contribution in [0.25, 0.3) is 0 Å². The number of carbonyl (C=O) groups is 16. The number of sulfonamides is 4. The molecule has 0 spiro atoms. The molecule has 5 aliphatic heterocycles. The first-order valence-electron chi connectivity index (χ1n) is 39.0. The van der Waals surface area contributed by atoms with E-state index in [4.69, 9.17) is 49.3 Å². The van der Waals surface area contributed by atoms with E-state index in [1.165, 1.54) is 95.9 Å². The monoisotopic (exact) mass is 1980 g/mol. The Bertz CT molecular complexity index is 5880. The standard InChI is InChI=1S/C17H16N4O7S2.C17H22N2O7.C16H19N3O6.C15H19N3O7S.C13H15N3O8S2.Na/c18-29(25,26)12-6-4-10(5-7-12)8-14-15(22)20-17(24)21(16(14)23)11-2-1-3-13(9-11)30(19,27)28;1-23-5-7-25-13-4-3-11(10-14(13)26-8-6-24-2)9-12-15(20)18-17(22)19-16(12)21;20-7-5-19(6-8-21)15(24)11-3-1-10(2-4-11)9-12-13(22)17-16(25)18-14(12)23;19-6-8-25-7-5-16-26(23,24)11-3-1-10(2-4-11)9-12-13(20)17-15(22)18-14(12)21;17-11-10(12(18)16-13(19)15-11)7-8-1-3-9(4-2-8)26(23,24)14-5-6-25(20,21)22;/h1-7,9,14H,8H2,(H2,18,25,26)(H2,19,27,28)(H,20,22,24);3-4,10,12H,5-9H2,1-2H3,(H2,18,19,20,21,22);1-4,12,20-21H,5-9H2,(H2,17,18,22,23,25);1-4,12,16,19H,5-9H2,(H2,17,18,20,21,22);1-4,10,14H,5-7H2,(H,20,21,22)(H2,15,16,17,18,19);/q;;;;;+1/p-1. The van der Waals surface area contributed by atoms with Crippen molar-refractivity contribution in [1.29, 1.82) is 0 Å². The molecule has 6 aromatic carbocycles. The first-order chi connectivity index (χ1) is 62.7. The molecule has 11 rings (SSSR count). The number of carbonyl (C=O) groups excluding carboxylic acids is 16.